The largest absolute Gasteiger partial charge is 0.509 e. The molecule has 182 valence electrons. The molecule has 33 heavy (non-hydrogen) atoms. The lowest BCUT2D eigenvalue weighted by atomic mass is 9.45. The number of carbonyl (C=O) groups is 3. The smallest absolute Gasteiger partial charge is 0.478 e. The zero-order valence-electron chi connectivity index (χ0n) is 19.8. The topological polar surface area (TPSA) is 110 Å². The van der Waals surface area contributed by atoms with Crippen molar-refractivity contribution in [3.8, 4) is 0 Å². The van der Waals surface area contributed by atoms with Gasteiger partial charge in [0.05, 0.1) is 12.2 Å². The lowest BCUT2D eigenvalue weighted by molar-refractivity contribution is -0.228. The summed E-state index contributed by atoms with van der Waals surface area (Å²) < 4.78 is 27.8. The highest BCUT2D eigenvalue weighted by Crippen LogP contribution is 2.71. The van der Waals surface area contributed by atoms with Gasteiger partial charge in [-0.05, 0) is 64.5 Å². The number of alkyl halides is 1. The number of fused-ring (bicyclic) bond motifs is 5. The fourth-order valence-corrected chi connectivity index (χ4v) is 7.60. The molecular formula is C25H33FO7. The summed E-state index contributed by atoms with van der Waals surface area (Å²) in [7, 11) is 0. The molecule has 4 aliphatic carbocycles. The van der Waals surface area contributed by atoms with Crippen molar-refractivity contribution in [2.24, 2.45) is 28.6 Å². The van der Waals surface area contributed by atoms with Crippen LogP contribution in [-0.4, -0.2) is 51.6 Å². The normalized spacial score (nSPS) is 46.2. The molecule has 7 nitrogen and oxygen atoms in total. The van der Waals surface area contributed by atoms with Crippen LogP contribution in [0.5, 0.6) is 0 Å². The van der Waals surface area contributed by atoms with E-state index >= 15 is 4.39 Å². The van der Waals surface area contributed by atoms with Gasteiger partial charge in [0.25, 0.3) is 0 Å². The van der Waals surface area contributed by atoms with E-state index in [9.17, 15) is 24.6 Å². The van der Waals surface area contributed by atoms with Gasteiger partial charge in [-0.15, -0.1) is 0 Å². The fourth-order valence-electron chi connectivity index (χ4n) is 7.60. The van der Waals surface area contributed by atoms with Crippen molar-refractivity contribution in [2.75, 3.05) is 0 Å². The molecular weight excluding hydrogens is 431 g/mol. The average Bonchev–Trinajstić information content (AvgIpc) is 2.91. The number of aliphatic hydroxyl groups excluding tert-OH is 1. The minimum absolute atomic E-state index is 0.194. The van der Waals surface area contributed by atoms with Gasteiger partial charge in [-0.1, -0.05) is 25.5 Å². The standard InChI is InChI=1S/C25H33FO7/c1-13(2)32-21(31)33-25(20(29)30)14(3)10-18-17-7-6-15-11-16(27)8-9-22(15,4)24(17,26)19(28)12-23(18,25)5/h8-9,11,13-14,17-19,28H,6-7,10,12H2,1-5H3,(H,29,30)/t14-,17+,18+,19+,22+,23+,24+,25+/m1/s1. The molecule has 0 bridgehead atoms. The zero-order valence-corrected chi connectivity index (χ0v) is 19.8. The van der Waals surface area contributed by atoms with Crippen LogP contribution in [-0.2, 0) is 19.1 Å². The van der Waals surface area contributed by atoms with Gasteiger partial charge >= 0.3 is 12.1 Å². The van der Waals surface area contributed by atoms with Crippen LogP contribution in [0.3, 0.4) is 0 Å². The number of carboxylic acids is 1. The molecule has 8 heteroatoms. The number of aliphatic hydroxyl groups is 1. The zero-order chi connectivity index (χ0) is 24.6. The highest BCUT2D eigenvalue weighted by molar-refractivity contribution is 6.01. The number of carboxylic acid groups (broad SMARTS) is 1. The van der Waals surface area contributed by atoms with Crippen molar-refractivity contribution in [3.05, 3.63) is 23.8 Å². The molecule has 8 atom stereocenters. The summed E-state index contributed by atoms with van der Waals surface area (Å²) in [5.74, 6) is -3.25. The van der Waals surface area contributed by atoms with Crippen molar-refractivity contribution in [1.82, 2.24) is 0 Å². The Morgan fingerprint density at radius 2 is 1.91 bits per heavy atom. The van der Waals surface area contributed by atoms with Crippen LogP contribution < -0.4 is 0 Å². The van der Waals surface area contributed by atoms with E-state index in [1.165, 1.54) is 12.2 Å². The van der Waals surface area contributed by atoms with E-state index in [2.05, 4.69) is 0 Å². The first-order valence-corrected chi connectivity index (χ1v) is 11.7. The van der Waals surface area contributed by atoms with E-state index in [0.717, 1.165) is 0 Å². The maximum absolute atomic E-state index is 17.1. The molecule has 0 heterocycles. The Bertz CT molecular complexity index is 956. The van der Waals surface area contributed by atoms with E-state index < -0.39 is 64.2 Å². The van der Waals surface area contributed by atoms with Gasteiger partial charge in [0.15, 0.2) is 11.5 Å². The van der Waals surface area contributed by atoms with Crippen molar-refractivity contribution >= 4 is 17.9 Å². The maximum atomic E-state index is 17.1. The summed E-state index contributed by atoms with van der Waals surface area (Å²) in [6.07, 6.45) is 2.26. The molecule has 0 aliphatic heterocycles. The number of rotatable bonds is 3. The molecule has 0 saturated heterocycles. The van der Waals surface area contributed by atoms with Crippen molar-refractivity contribution in [2.45, 2.75) is 83.8 Å². The molecule has 0 aromatic rings. The highest BCUT2D eigenvalue weighted by Gasteiger charge is 2.77. The van der Waals surface area contributed by atoms with E-state index in [4.69, 9.17) is 9.47 Å². The molecule has 0 amide bonds. The van der Waals surface area contributed by atoms with Crippen molar-refractivity contribution in [1.29, 1.82) is 0 Å². The minimum Gasteiger partial charge on any atom is -0.478 e. The number of carbonyl (C=O) groups excluding carboxylic acids is 2. The van der Waals surface area contributed by atoms with Crippen LogP contribution >= 0.6 is 0 Å². The Morgan fingerprint density at radius 1 is 1.24 bits per heavy atom. The summed E-state index contributed by atoms with van der Waals surface area (Å²) in [6, 6.07) is 0. The summed E-state index contributed by atoms with van der Waals surface area (Å²) >= 11 is 0. The van der Waals surface area contributed by atoms with E-state index in [-0.39, 0.29) is 12.2 Å². The number of hydrogen-bond donors (Lipinski definition) is 2. The Kier molecular flexibility index (Phi) is 5.36. The van der Waals surface area contributed by atoms with Crippen molar-refractivity contribution < 1.29 is 38.5 Å². The first kappa shape index (κ1) is 23.9. The lowest BCUT2D eigenvalue weighted by Crippen LogP contribution is -2.69. The third-order valence-corrected chi connectivity index (χ3v) is 9.08. The van der Waals surface area contributed by atoms with Gasteiger partial charge in [-0.2, -0.15) is 0 Å². The number of allylic oxidation sites excluding steroid dienone is 4. The minimum atomic E-state index is -2.08. The highest BCUT2D eigenvalue weighted by atomic mass is 19.1. The molecule has 0 unspecified atom stereocenters. The summed E-state index contributed by atoms with van der Waals surface area (Å²) in [6.45, 7) is 8.36. The lowest BCUT2D eigenvalue weighted by Gasteiger charge is -2.62. The van der Waals surface area contributed by atoms with Crippen LogP contribution in [0.15, 0.2) is 23.8 Å². The monoisotopic (exact) mass is 464 g/mol. The van der Waals surface area contributed by atoms with Crippen LogP contribution in [0, 0.1) is 28.6 Å². The van der Waals surface area contributed by atoms with Gasteiger partial charge in [-0.3, -0.25) is 4.79 Å². The van der Waals surface area contributed by atoms with E-state index in [1.54, 1.807) is 40.7 Å². The van der Waals surface area contributed by atoms with Crippen LogP contribution in [0.2, 0.25) is 0 Å². The predicted octanol–water partition coefficient (Wildman–Crippen LogP) is 3.99. The Labute approximate surface area is 193 Å². The summed E-state index contributed by atoms with van der Waals surface area (Å²) in [5.41, 5.74) is -5.75. The first-order chi connectivity index (χ1) is 15.2. The average molecular weight is 465 g/mol. The van der Waals surface area contributed by atoms with Crippen LogP contribution in [0.25, 0.3) is 0 Å². The molecule has 0 aromatic heterocycles. The number of aliphatic carboxylic acids is 1. The number of ether oxygens (including phenoxy) is 2. The first-order valence-electron chi connectivity index (χ1n) is 11.7. The molecule has 4 rings (SSSR count). The van der Waals surface area contributed by atoms with Gasteiger partial charge < -0.3 is 19.7 Å². The predicted molar refractivity (Wildman–Crippen MR) is 116 cm³/mol. The molecule has 0 spiro atoms. The second kappa shape index (κ2) is 7.39. The molecule has 3 fully saturated rings. The Hall–Kier alpha value is -2.22. The molecule has 0 radical (unpaired) electrons. The molecule has 3 saturated carbocycles. The second-order valence-electron chi connectivity index (χ2n) is 11.0. The number of halogens is 1. The van der Waals surface area contributed by atoms with E-state index in [1.807, 2.05) is 0 Å². The van der Waals surface area contributed by atoms with Gasteiger partial charge in [0.1, 0.15) is 0 Å². The van der Waals surface area contributed by atoms with Crippen LogP contribution in [0.1, 0.15) is 60.3 Å². The maximum Gasteiger partial charge on any atom is 0.509 e. The summed E-state index contributed by atoms with van der Waals surface area (Å²) in [5, 5.41) is 21.7. The molecule has 0 aromatic carbocycles. The third kappa shape index (κ3) is 2.92. The van der Waals surface area contributed by atoms with Gasteiger partial charge in [0.2, 0.25) is 5.60 Å². The Balaban J connectivity index is 1.80. The van der Waals surface area contributed by atoms with E-state index in [0.29, 0.717) is 24.8 Å². The van der Waals surface area contributed by atoms with Crippen molar-refractivity contribution in [3.63, 3.8) is 0 Å². The molecule has 4 aliphatic rings. The van der Waals surface area contributed by atoms with Crippen LogP contribution in [0.4, 0.5) is 9.18 Å². The fraction of sp³-hybridized carbons (Fsp3) is 0.720. The molecule has 2 N–H and O–H groups in total. The Morgan fingerprint density at radius 3 is 2.52 bits per heavy atom. The second-order valence-corrected chi connectivity index (χ2v) is 11.0. The third-order valence-electron chi connectivity index (χ3n) is 9.08. The van der Waals surface area contributed by atoms with Gasteiger partial charge in [-0.25, -0.2) is 14.0 Å². The SMILES string of the molecule is CC(C)OC(=O)O[C@]1(C(=O)O)[C@H](C)C[C@H]2[C@@H]3CCC4=CC(=O)C=C[C@]4(C)[C@@]3(F)[C@@H](O)C[C@@]21C. The quantitative estimate of drug-likeness (QED) is 0.608. The number of hydrogen-bond acceptors (Lipinski definition) is 6. The number of ketones is 1. The summed E-state index contributed by atoms with van der Waals surface area (Å²) in [4.78, 5) is 37.2. The van der Waals surface area contributed by atoms with Gasteiger partial charge in [0, 0.05) is 22.7 Å².